The molecule has 2 aromatic carbocycles. The van der Waals surface area contributed by atoms with E-state index in [1.807, 2.05) is 42.5 Å². The number of thiophene rings is 1. The molecule has 1 atom stereocenters. The summed E-state index contributed by atoms with van der Waals surface area (Å²) in [6.45, 7) is 0. The number of Topliss-reactive ketones (excluding diaryl/α,β-unsaturated/α-hetero) is 1. The van der Waals surface area contributed by atoms with Crippen LogP contribution in [0.15, 0.2) is 48.5 Å². The number of carbonyl (C=O) groups is 2. The largest absolute Gasteiger partial charge is 0.458 e. The number of carbonyl (C=O) groups excluding carboxylic acids is 2. The molecule has 2 aliphatic rings. The molecule has 3 aromatic rings. The first-order valence-electron chi connectivity index (χ1n) is 11.0. The van der Waals surface area contributed by atoms with Gasteiger partial charge in [-0.05, 0) is 60.7 Å². The Bertz CT molecular complexity index is 1090. The van der Waals surface area contributed by atoms with Crippen molar-refractivity contribution in [2.24, 2.45) is 5.92 Å². The van der Waals surface area contributed by atoms with E-state index >= 15 is 4.39 Å². The molecule has 1 aliphatic carbocycles. The van der Waals surface area contributed by atoms with Gasteiger partial charge >= 0.3 is 5.97 Å². The van der Waals surface area contributed by atoms with Crippen molar-refractivity contribution in [2.45, 2.75) is 57.0 Å². The molecule has 3 nitrogen and oxygen atoms in total. The fourth-order valence-electron chi connectivity index (χ4n) is 5.26. The number of aryl methyl sites for hydroxylation is 1. The summed E-state index contributed by atoms with van der Waals surface area (Å²) in [5.41, 5.74) is 0.757. The molecule has 31 heavy (non-hydrogen) atoms. The predicted octanol–water partition coefficient (Wildman–Crippen LogP) is 6.48. The smallest absolute Gasteiger partial charge is 0.313 e. The second kappa shape index (κ2) is 8.19. The molecule has 5 rings (SSSR count). The molecular weight excluding hydrogens is 411 g/mol. The predicted molar refractivity (Wildman–Crippen MR) is 121 cm³/mol. The third-order valence-corrected chi connectivity index (χ3v) is 7.96. The van der Waals surface area contributed by atoms with Crippen LogP contribution in [0.3, 0.4) is 0 Å². The second-order valence-corrected chi connectivity index (χ2v) is 9.96. The molecule has 1 aliphatic heterocycles. The molecule has 1 saturated carbocycles. The van der Waals surface area contributed by atoms with Gasteiger partial charge in [-0.2, -0.15) is 0 Å². The Morgan fingerprint density at radius 2 is 1.87 bits per heavy atom. The van der Waals surface area contributed by atoms with E-state index in [1.54, 1.807) is 17.4 Å². The minimum Gasteiger partial charge on any atom is -0.458 e. The van der Waals surface area contributed by atoms with Crippen LogP contribution in [0, 0.1) is 11.7 Å². The minimum absolute atomic E-state index is 0.0329. The number of ketones is 1. The first kappa shape index (κ1) is 20.4. The third-order valence-electron chi connectivity index (χ3n) is 6.82. The van der Waals surface area contributed by atoms with Crippen LogP contribution in [-0.4, -0.2) is 17.4 Å². The number of hydrogen-bond acceptors (Lipinski definition) is 4. The molecule has 0 bridgehead atoms. The lowest BCUT2D eigenvalue weighted by atomic mass is 9.76. The highest BCUT2D eigenvalue weighted by Gasteiger charge is 2.47. The van der Waals surface area contributed by atoms with E-state index in [2.05, 4.69) is 0 Å². The minimum atomic E-state index is -0.719. The van der Waals surface area contributed by atoms with Crippen LogP contribution in [0.4, 0.5) is 4.39 Å². The van der Waals surface area contributed by atoms with Crippen molar-refractivity contribution in [3.8, 4) is 10.4 Å². The fraction of sp³-hybridized carbons (Fsp3) is 0.385. The molecule has 0 amide bonds. The van der Waals surface area contributed by atoms with Crippen molar-refractivity contribution >= 4 is 33.2 Å². The van der Waals surface area contributed by atoms with Crippen LogP contribution in [-0.2, 0) is 20.7 Å². The summed E-state index contributed by atoms with van der Waals surface area (Å²) in [6, 6.07) is 15.5. The van der Waals surface area contributed by atoms with Gasteiger partial charge in [0.1, 0.15) is 23.6 Å². The van der Waals surface area contributed by atoms with Crippen LogP contribution in [0.2, 0.25) is 0 Å². The van der Waals surface area contributed by atoms with Crippen molar-refractivity contribution in [3.63, 3.8) is 0 Å². The molecule has 0 radical (unpaired) electrons. The van der Waals surface area contributed by atoms with Crippen LogP contribution >= 0.6 is 11.3 Å². The van der Waals surface area contributed by atoms with E-state index in [0.29, 0.717) is 24.8 Å². The summed E-state index contributed by atoms with van der Waals surface area (Å²) in [7, 11) is 0. The Balaban J connectivity index is 1.37. The number of rotatable bonds is 5. The molecule has 1 unspecified atom stereocenters. The number of cyclic esters (lactones) is 1. The van der Waals surface area contributed by atoms with Crippen molar-refractivity contribution in [1.82, 2.24) is 0 Å². The van der Waals surface area contributed by atoms with Gasteiger partial charge in [0.25, 0.3) is 0 Å². The van der Waals surface area contributed by atoms with E-state index in [9.17, 15) is 9.59 Å². The van der Waals surface area contributed by atoms with Gasteiger partial charge in [-0.3, -0.25) is 9.59 Å². The topological polar surface area (TPSA) is 43.4 Å². The Morgan fingerprint density at radius 3 is 2.61 bits per heavy atom. The molecule has 0 N–H and O–H groups in total. The summed E-state index contributed by atoms with van der Waals surface area (Å²) in [4.78, 5) is 25.2. The zero-order chi connectivity index (χ0) is 21.4. The lowest BCUT2D eigenvalue weighted by Gasteiger charge is -2.41. The van der Waals surface area contributed by atoms with Gasteiger partial charge < -0.3 is 4.74 Å². The van der Waals surface area contributed by atoms with Gasteiger partial charge in [0.05, 0.1) is 0 Å². The van der Waals surface area contributed by atoms with Crippen molar-refractivity contribution in [2.75, 3.05) is 0 Å². The maximum Gasteiger partial charge on any atom is 0.313 e. The fourth-order valence-corrected chi connectivity index (χ4v) is 6.35. The summed E-state index contributed by atoms with van der Waals surface area (Å²) >= 11 is 1.59. The standard InChI is InChI=1S/C26H25FO3S/c27-22-13-17(9-10-21(22)24-14-18-5-1-4-8-23(18)31-24)11-12-26(19-6-2-3-7-19)16-20(28)15-25(29)30-26/h1,4-5,8-10,13-14,19H,2-3,6-7,11-12,15-16H2. The van der Waals surface area contributed by atoms with E-state index in [1.165, 1.54) is 0 Å². The normalized spacial score (nSPS) is 22.2. The number of esters is 1. The van der Waals surface area contributed by atoms with E-state index in [-0.39, 0.29) is 23.9 Å². The highest BCUT2D eigenvalue weighted by Crippen LogP contribution is 2.44. The Labute approximate surface area is 185 Å². The maximum absolute atomic E-state index is 15.0. The summed E-state index contributed by atoms with van der Waals surface area (Å²) in [5.74, 6) is -0.456. The van der Waals surface area contributed by atoms with Crippen LogP contribution in [0.25, 0.3) is 20.5 Å². The number of halogens is 1. The van der Waals surface area contributed by atoms with Crippen LogP contribution < -0.4 is 0 Å². The first-order chi connectivity index (χ1) is 15.0. The monoisotopic (exact) mass is 436 g/mol. The van der Waals surface area contributed by atoms with Crippen molar-refractivity contribution < 1.29 is 18.7 Å². The number of ether oxygens (including phenoxy) is 1. The van der Waals surface area contributed by atoms with E-state index in [0.717, 1.165) is 46.2 Å². The molecular formula is C26H25FO3S. The number of hydrogen-bond donors (Lipinski definition) is 0. The molecule has 1 aromatic heterocycles. The van der Waals surface area contributed by atoms with Crippen molar-refractivity contribution in [3.05, 3.63) is 59.9 Å². The quantitative estimate of drug-likeness (QED) is 0.340. The summed E-state index contributed by atoms with van der Waals surface area (Å²) in [6.07, 6.45) is 5.52. The highest BCUT2D eigenvalue weighted by atomic mass is 32.1. The van der Waals surface area contributed by atoms with Gasteiger partial charge in [-0.15, -0.1) is 11.3 Å². The van der Waals surface area contributed by atoms with E-state index in [4.69, 9.17) is 4.74 Å². The summed E-state index contributed by atoms with van der Waals surface area (Å²) < 4.78 is 22.0. The highest BCUT2D eigenvalue weighted by molar-refractivity contribution is 7.22. The van der Waals surface area contributed by atoms with Crippen LogP contribution in [0.1, 0.15) is 50.5 Å². The molecule has 2 fully saturated rings. The average Bonchev–Trinajstić information content (AvgIpc) is 3.42. The SMILES string of the molecule is O=C1CC(=O)OC(CCc2ccc(-c3cc4ccccc4s3)c(F)c2)(C2CCCC2)C1. The van der Waals surface area contributed by atoms with Gasteiger partial charge in [0.2, 0.25) is 0 Å². The van der Waals surface area contributed by atoms with E-state index < -0.39 is 11.6 Å². The first-order valence-corrected chi connectivity index (χ1v) is 11.8. The Morgan fingerprint density at radius 1 is 1.06 bits per heavy atom. The number of benzene rings is 2. The lowest BCUT2D eigenvalue weighted by Crippen LogP contribution is -2.48. The lowest BCUT2D eigenvalue weighted by molar-refractivity contribution is -0.178. The third kappa shape index (κ3) is 4.03. The molecule has 160 valence electrons. The average molecular weight is 437 g/mol. The van der Waals surface area contributed by atoms with Gasteiger partial charge in [-0.1, -0.05) is 43.2 Å². The molecule has 2 heterocycles. The maximum atomic E-state index is 15.0. The van der Waals surface area contributed by atoms with Crippen LogP contribution in [0.5, 0.6) is 0 Å². The van der Waals surface area contributed by atoms with Gasteiger partial charge in [-0.25, -0.2) is 4.39 Å². The molecule has 0 spiro atoms. The van der Waals surface area contributed by atoms with Crippen molar-refractivity contribution in [1.29, 1.82) is 0 Å². The summed E-state index contributed by atoms with van der Waals surface area (Å²) in [5, 5.41) is 1.12. The number of fused-ring (bicyclic) bond motifs is 1. The van der Waals surface area contributed by atoms with Gasteiger partial charge in [0, 0.05) is 21.6 Å². The zero-order valence-electron chi connectivity index (χ0n) is 17.4. The zero-order valence-corrected chi connectivity index (χ0v) is 18.2. The molecule has 5 heteroatoms. The second-order valence-electron chi connectivity index (χ2n) is 8.88. The van der Waals surface area contributed by atoms with Gasteiger partial charge in [0.15, 0.2) is 0 Å². The Hall–Kier alpha value is -2.53. The Kier molecular flexibility index (Phi) is 5.39. The molecule has 1 saturated heterocycles.